The van der Waals surface area contributed by atoms with Gasteiger partial charge in [-0.05, 0) is 54.5 Å². The fraction of sp³-hybridized carbons (Fsp3) is 0.414. The van der Waals surface area contributed by atoms with E-state index in [1.807, 2.05) is 24.3 Å². The third-order valence-electron chi connectivity index (χ3n) is 7.20. The lowest BCUT2D eigenvalue weighted by molar-refractivity contribution is 0.205. The largest absolute Gasteiger partial charge is 0.438 e. The summed E-state index contributed by atoms with van der Waals surface area (Å²) in [5.74, 6) is 2.12. The molecule has 2 aliphatic rings. The molecule has 0 spiro atoms. The highest BCUT2D eigenvalue weighted by Gasteiger charge is 2.29. The van der Waals surface area contributed by atoms with Crippen LogP contribution in [-0.4, -0.2) is 40.5 Å². The SMILES string of the molecule is CC1CCN(c2nc3c(c(Oc4cccc(F)c4)n2)CN(C(=O)Nc2ccc(C(C)C)cc2)CC3)CC1. The van der Waals surface area contributed by atoms with Gasteiger partial charge in [0.25, 0.3) is 0 Å². The van der Waals surface area contributed by atoms with Crippen molar-refractivity contribution in [2.45, 2.75) is 52.5 Å². The molecule has 0 bridgehead atoms. The molecule has 1 N–H and O–H groups in total. The number of carbonyl (C=O) groups excluding carboxylic acids is 1. The molecule has 3 aromatic rings. The highest BCUT2D eigenvalue weighted by atomic mass is 19.1. The molecule has 37 heavy (non-hydrogen) atoms. The van der Waals surface area contributed by atoms with Crippen molar-refractivity contribution in [1.82, 2.24) is 14.9 Å². The number of piperidine rings is 1. The lowest BCUT2D eigenvalue weighted by Crippen LogP contribution is -2.40. The summed E-state index contributed by atoms with van der Waals surface area (Å²) in [4.78, 5) is 26.7. The Labute approximate surface area is 217 Å². The summed E-state index contributed by atoms with van der Waals surface area (Å²) in [6.07, 6.45) is 2.77. The fourth-order valence-corrected chi connectivity index (χ4v) is 4.78. The summed E-state index contributed by atoms with van der Waals surface area (Å²) in [6, 6.07) is 13.8. The maximum Gasteiger partial charge on any atom is 0.322 e. The number of urea groups is 1. The topological polar surface area (TPSA) is 70.6 Å². The minimum atomic E-state index is -0.379. The van der Waals surface area contributed by atoms with Crippen LogP contribution in [0.15, 0.2) is 48.5 Å². The van der Waals surface area contributed by atoms with E-state index in [0.717, 1.165) is 42.9 Å². The minimum absolute atomic E-state index is 0.186. The normalized spacial score (nSPS) is 16.0. The van der Waals surface area contributed by atoms with Crippen molar-refractivity contribution >= 4 is 17.7 Å². The van der Waals surface area contributed by atoms with Gasteiger partial charge in [0.05, 0.1) is 17.8 Å². The molecule has 0 aliphatic carbocycles. The number of anilines is 2. The monoisotopic (exact) mass is 503 g/mol. The summed E-state index contributed by atoms with van der Waals surface area (Å²) in [6.45, 7) is 9.18. The van der Waals surface area contributed by atoms with Gasteiger partial charge >= 0.3 is 6.03 Å². The highest BCUT2D eigenvalue weighted by Crippen LogP contribution is 2.33. The highest BCUT2D eigenvalue weighted by molar-refractivity contribution is 5.89. The van der Waals surface area contributed by atoms with Gasteiger partial charge < -0.3 is 19.9 Å². The van der Waals surface area contributed by atoms with E-state index in [4.69, 9.17) is 14.7 Å². The van der Waals surface area contributed by atoms with E-state index in [1.54, 1.807) is 17.0 Å². The van der Waals surface area contributed by atoms with E-state index in [9.17, 15) is 9.18 Å². The van der Waals surface area contributed by atoms with Gasteiger partial charge in [-0.2, -0.15) is 4.98 Å². The van der Waals surface area contributed by atoms with Crippen LogP contribution in [0.3, 0.4) is 0 Å². The lowest BCUT2D eigenvalue weighted by atomic mass is 9.99. The second-order valence-corrected chi connectivity index (χ2v) is 10.4. The number of benzene rings is 2. The van der Waals surface area contributed by atoms with Gasteiger partial charge in [-0.25, -0.2) is 14.2 Å². The van der Waals surface area contributed by atoms with E-state index in [2.05, 4.69) is 31.0 Å². The van der Waals surface area contributed by atoms with Crippen LogP contribution in [0.5, 0.6) is 11.6 Å². The van der Waals surface area contributed by atoms with Crippen LogP contribution in [0.2, 0.25) is 0 Å². The fourth-order valence-electron chi connectivity index (χ4n) is 4.78. The van der Waals surface area contributed by atoms with Crippen molar-refractivity contribution in [3.8, 4) is 11.6 Å². The molecule has 194 valence electrons. The number of rotatable bonds is 5. The Hall–Kier alpha value is -3.68. The summed E-state index contributed by atoms with van der Waals surface area (Å²) in [5.41, 5.74) is 3.61. The van der Waals surface area contributed by atoms with Crippen LogP contribution in [0.1, 0.15) is 56.4 Å². The Morgan fingerprint density at radius 3 is 2.54 bits per heavy atom. The molecule has 3 heterocycles. The average molecular weight is 504 g/mol. The van der Waals surface area contributed by atoms with Crippen molar-refractivity contribution in [3.63, 3.8) is 0 Å². The Balaban J connectivity index is 1.39. The van der Waals surface area contributed by atoms with Crippen molar-refractivity contribution in [3.05, 3.63) is 71.2 Å². The second-order valence-electron chi connectivity index (χ2n) is 10.4. The molecule has 1 aromatic heterocycles. The predicted molar refractivity (Wildman–Crippen MR) is 143 cm³/mol. The zero-order valence-corrected chi connectivity index (χ0v) is 21.7. The molecule has 8 heteroatoms. The van der Waals surface area contributed by atoms with Crippen molar-refractivity contribution in [2.24, 2.45) is 5.92 Å². The quantitative estimate of drug-likeness (QED) is 0.439. The van der Waals surface area contributed by atoms with Crippen molar-refractivity contribution in [1.29, 1.82) is 0 Å². The first-order valence-corrected chi connectivity index (χ1v) is 13.1. The molecule has 1 fully saturated rings. The summed E-state index contributed by atoms with van der Waals surface area (Å²) < 4.78 is 20.0. The number of hydrogen-bond acceptors (Lipinski definition) is 5. The number of ether oxygens (including phenoxy) is 1. The zero-order valence-electron chi connectivity index (χ0n) is 21.7. The van der Waals surface area contributed by atoms with Crippen LogP contribution in [0.4, 0.5) is 20.8 Å². The van der Waals surface area contributed by atoms with Crippen LogP contribution in [0.25, 0.3) is 0 Å². The number of nitrogens with one attached hydrogen (secondary N) is 1. The molecule has 7 nitrogen and oxygen atoms in total. The van der Waals surface area contributed by atoms with E-state index >= 15 is 0 Å². The smallest absolute Gasteiger partial charge is 0.322 e. The molecular weight excluding hydrogens is 469 g/mol. The number of halogens is 1. The summed E-state index contributed by atoms with van der Waals surface area (Å²) in [5, 5.41) is 3.00. The molecule has 2 aliphatic heterocycles. The van der Waals surface area contributed by atoms with E-state index < -0.39 is 0 Å². The maximum atomic E-state index is 13.9. The Morgan fingerprint density at radius 1 is 1.08 bits per heavy atom. The van der Waals surface area contributed by atoms with Gasteiger partial charge in [0.1, 0.15) is 11.6 Å². The zero-order chi connectivity index (χ0) is 25.9. The Bertz CT molecular complexity index is 1260. The number of carbonyl (C=O) groups is 1. The number of aromatic nitrogens is 2. The number of amides is 2. The molecule has 2 aromatic carbocycles. The second kappa shape index (κ2) is 10.7. The van der Waals surface area contributed by atoms with Gasteiger partial charge in [-0.1, -0.05) is 39.0 Å². The molecule has 1 saturated heterocycles. The van der Waals surface area contributed by atoms with Gasteiger partial charge in [0.2, 0.25) is 11.8 Å². The van der Waals surface area contributed by atoms with Crippen molar-refractivity contribution in [2.75, 3.05) is 29.9 Å². The standard InChI is InChI=1S/C29H34FN5O2/c1-19(2)21-7-9-23(10-8-21)31-29(36)35-16-13-26-25(18-35)27(37-24-6-4-5-22(30)17-24)33-28(32-26)34-14-11-20(3)12-15-34/h4-10,17,19-20H,11-16,18H2,1-3H3,(H,31,36). The minimum Gasteiger partial charge on any atom is -0.438 e. The van der Waals surface area contributed by atoms with E-state index in [-0.39, 0.29) is 11.8 Å². The van der Waals surface area contributed by atoms with Crippen LogP contribution in [-0.2, 0) is 13.0 Å². The molecule has 5 rings (SSSR count). The molecule has 0 saturated carbocycles. The first-order valence-electron chi connectivity index (χ1n) is 13.1. The predicted octanol–water partition coefficient (Wildman–Crippen LogP) is 6.36. The Morgan fingerprint density at radius 2 is 1.84 bits per heavy atom. The van der Waals surface area contributed by atoms with Crippen LogP contribution < -0.4 is 15.0 Å². The number of hydrogen-bond donors (Lipinski definition) is 1. The van der Waals surface area contributed by atoms with Gasteiger partial charge in [-0.15, -0.1) is 0 Å². The average Bonchev–Trinajstić information content (AvgIpc) is 2.89. The van der Waals surface area contributed by atoms with Crippen LogP contribution >= 0.6 is 0 Å². The molecule has 0 unspecified atom stereocenters. The number of nitrogens with zero attached hydrogens (tertiary/aromatic N) is 4. The third kappa shape index (κ3) is 5.84. The van der Waals surface area contributed by atoms with Crippen LogP contribution in [0, 0.1) is 11.7 Å². The van der Waals surface area contributed by atoms with Gasteiger partial charge in [-0.3, -0.25) is 0 Å². The van der Waals surface area contributed by atoms with E-state index in [0.29, 0.717) is 48.9 Å². The van der Waals surface area contributed by atoms with E-state index in [1.165, 1.54) is 17.7 Å². The molecular formula is C29H34FN5O2. The third-order valence-corrected chi connectivity index (χ3v) is 7.20. The Kier molecular flexibility index (Phi) is 7.26. The molecule has 0 atom stereocenters. The first kappa shape index (κ1) is 25.0. The lowest BCUT2D eigenvalue weighted by Gasteiger charge is -2.33. The molecule has 2 amide bonds. The number of fused-ring (bicyclic) bond motifs is 1. The van der Waals surface area contributed by atoms with Crippen molar-refractivity contribution < 1.29 is 13.9 Å². The summed E-state index contributed by atoms with van der Waals surface area (Å²) >= 11 is 0. The summed E-state index contributed by atoms with van der Waals surface area (Å²) in [7, 11) is 0. The van der Waals surface area contributed by atoms with Gasteiger partial charge in [0, 0.05) is 37.8 Å². The molecule has 0 radical (unpaired) electrons. The first-order chi connectivity index (χ1) is 17.9. The maximum absolute atomic E-state index is 13.9. The van der Waals surface area contributed by atoms with Gasteiger partial charge in [0.15, 0.2) is 0 Å².